The summed E-state index contributed by atoms with van der Waals surface area (Å²) in [5.41, 5.74) is 0. The minimum absolute atomic E-state index is 0.473. The summed E-state index contributed by atoms with van der Waals surface area (Å²) in [7, 11) is -81.6. The van der Waals surface area contributed by atoms with Gasteiger partial charge < -0.3 is 37.9 Å². The fraction of sp³-hybridized carbons (Fsp3) is 1.00. The van der Waals surface area contributed by atoms with E-state index in [-0.39, 0.29) is 0 Å². The Bertz CT molecular complexity index is 4340. The van der Waals surface area contributed by atoms with Gasteiger partial charge in [-0.2, -0.15) is 109 Å². The molecule has 4 aliphatic rings. The normalized spacial score (nSPS) is 32.9. The average Bonchev–Trinajstić information content (AvgIpc) is 0.781. The fourth-order valence-corrected chi connectivity index (χ4v) is 14.6. The van der Waals surface area contributed by atoms with Gasteiger partial charge in [-0.15, -0.1) is 0 Å². The Kier molecular flexibility index (Phi) is 29.2. The van der Waals surface area contributed by atoms with Crippen LogP contribution in [0.5, 0.6) is 0 Å². The topological polar surface area (TPSA) is 901 Å². The Labute approximate surface area is 549 Å². The molecule has 60 nitrogen and oxygen atoms in total. The van der Waals surface area contributed by atoms with Crippen LogP contribution in [0.4, 0.5) is 0 Å². The molecule has 4 rings (SSSR count). The van der Waals surface area contributed by atoms with Gasteiger partial charge >= 0.3 is 135 Å². The van der Waals surface area contributed by atoms with Crippen molar-refractivity contribution in [3.63, 3.8) is 0 Å². The summed E-state index contributed by atoms with van der Waals surface area (Å²) in [6.45, 7) is -8.52. The van der Waals surface area contributed by atoms with Crippen LogP contribution >= 0.6 is 0 Å². The third-order valence-corrected chi connectivity index (χ3v) is 17.1. The van der Waals surface area contributed by atoms with Crippen LogP contribution in [0.2, 0.25) is 0 Å². The predicted octanol–water partition coefficient (Wildman–Crippen LogP) is -11.3. The molecule has 0 bridgehead atoms. The van der Waals surface area contributed by atoms with Crippen molar-refractivity contribution in [2.24, 2.45) is 0 Å². The number of hydrogen-bond acceptors (Lipinski definition) is 47. The fourth-order valence-electron chi connectivity index (χ4n) is 8.36. The van der Waals surface area contributed by atoms with E-state index in [2.05, 4.69) is 54.4 Å². The number of methoxy groups -OCH3 is 1. The summed E-state index contributed by atoms with van der Waals surface area (Å²) in [4.78, 5) is 0. The summed E-state index contributed by atoms with van der Waals surface area (Å²) >= 11 is 0. The van der Waals surface area contributed by atoms with Gasteiger partial charge in [0.05, 0.1) is 26.4 Å². The van der Waals surface area contributed by atoms with Gasteiger partial charge in [-0.1, -0.05) is 0 Å². The van der Waals surface area contributed by atoms with Crippen LogP contribution in [0.1, 0.15) is 0 Å². The van der Waals surface area contributed by atoms with Crippen molar-refractivity contribution in [1.82, 2.24) is 0 Å². The maximum Gasteiger partial charge on any atom is 0.397 e. The zero-order valence-electron chi connectivity index (χ0n) is 45.7. The molecular formula is C25H44O60S13. The Morgan fingerprint density at radius 2 is 0.367 bits per heavy atom. The smallest absolute Gasteiger partial charge is 0.353 e. The molecule has 4 heterocycles. The van der Waals surface area contributed by atoms with Crippen molar-refractivity contribution in [3.8, 4) is 0 Å². The van der Waals surface area contributed by atoms with Gasteiger partial charge in [-0.25, -0.2) is 54.4 Å². The van der Waals surface area contributed by atoms with Gasteiger partial charge in [-0.05, 0) is 0 Å². The molecular weight excluding hydrogens is 1680 g/mol. The largest absolute Gasteiger partial charge is 0.397 e. The Balaban J connectivity index is 2.03. The van der Waals surface area contributed by atoms with E-state index < -0.39 is 284 Å². The molecule has 0 radical (unpaired) electrons. The van der Waals surface area contributed by atoms with Crippen molar-refractivity contribution >= 4 is 135 Å². The van der Waals surface area contributed by atoms with Crippen molar-refractivity contribution in [2.45, 2.75) is 123 Å². The minimum Gasteiger partial charge on any atom is -0.353 e. The minimum atomic E-state index is -6.53. The molecule has 0 amide bonds. The lowest BCUT2D eigenvalue weighted by Gasteiger charge is -2.46. The van der Waals surface area contributed by atoms with Crippen molar-refractivity contribution in [2.75, 3.05) is 33.5 Å². The van der Waals surface area contributed by atoms with Crippen LogP contribution in [0.3, 0.4) is 0 Å². The van der Waals surface area contributed by atoms with Crippen LogP contribution in [0.15, 0.2) is 0 Å². The van der Waals surface area contributed by atoms with Gasteiger partial charge in [0.2, 0.25) is 0 Å². The summed E-state index contributed by atoms with van der Waals surface area (Å²) < 4.78 is 537. The highest BCUT2D eigenvalue weighted by Gasteiger charge is 2.61. The van der Waals surface area contributed by atoms with Crippen LogP contribution in [0, 0.1) is 0 Å². The first-order valence-corrected chi connectivity index (χ1v) is 40.8. The van der Waals surface area contributed by atoms with Crippen LogP contribution < -0.4 is 0 Å². The van der Waals surface area contributed by atoms with Gasteiger partial charge in [0.15, 0.2) is 49.6 Å². The second kappa shape index (κ2) is 32.4. The Morgan fingerprint density at radius 3 is 0.541 bits per heavy atom. The first kappa shape index (κ1) is 88.4. The monoisotopic (exact) mass is 1720 g/mol. The van der Waals surface area contributed by atoms with Crippen LogP contribution in [-0.2, 0) is 227 Å². The van der Waals surface area contributed by atoms with Crippen LogP contribution in [0.25, 0.3) is 0 Å². The van der Waals surface area contributed by atoms with Gasteiger partial charge in [0.25, 0.3) is 0 Å². The summed E-state index contributed by atoms with van der Waals surface area (Å²) in [5, 5.41) is 0. The molecule has 0 unspecified atom stereocenters. The van der Waals surface area contributed by atoms with Crippen molar-refractivity contribution in [3.05, 3.63) is 0 Å². The molecule has 0 saturated carbocycles. The standard InChI is InChI=1S/C25H44O60S13/c1-65-22-18(82-95(53,54)55)14(78-91(41,42)43)10(74-87(29,30)31)6(70-22)2-66-23-19(83-96(56,57)58)15(79-92(44,45)46)11(75-88(32,33)34)7(71-23)3-67-24-20(84-97(59,60)61)16(80-93(47,48)49)12(76-89(35,36)37)8(72-24)4-68-25-21(85-98(62,63)64)17(81-94(50,51)52)13(77-90(38,39)40)9(73-25)5-69-86(26,27)28/h6-25H,2-5H2,1H3,(H,26,27,28)(H,29,30,31)(H,32,33,34)(H,35,36,37)(H,38,39,40)(H,41,42,43)(H,44,45,46)(H,47,48,49)(H,50,51,52)(H,53,54,55)(H,56,57,58)(H,59,60,61)(H,62,63,64)/t6-,7-,8-,9-,10-,11-,12-,13-,14+,15+,16+,17+,18-,19-,20-,21-,22-,23-,24-,25-/m1/s1. The third-order valence-electron chi connectivity index (χ3n) is 11.0. The summed E-state index contributed by atoms with van der Waals surface area (Å²) in [6, 6.07) is 0. The maximum atomic E-state index is 12.4. The van der Waals surface area contributed by atoms with Gasteiger partial charge in [0.1, 0.15) is 73.2 Å². The highest BCUT2D eigenvalue weighted by molar-refractivity contribution is 7.83. The van der Waals surface area contributed by atoms with Crippen molar-refractivity contribution < 1.29 is 261 Å². The summed E-state index contributed by atoms with van der Waals surface area (Å²) in [5.74, 6) is 0. The first-order chi connectivity index (χ1) is 43.6. The molecule has 20 atom stereocenters. The van der Waals surface area contributed by atoms with Gasteiger partial charge in [0, 0.05) is 7.11 Å². The number of ether oxygens (including phenoxy) is 8. The number of hydrogen-bond donors (Lipinski definition) is 13. The SMILES string of the molecule is CO[C@@H]1O[C@H](CO[C@@H]2O[C@H](CO[C@@H]3O[C@H](CO[C@@H]4O[C@H](COS(=O)(=O)O)[C@@H](OS(=O)(=O)O)[C@H](OS(=O)(=O)O)[C@H]4OS(=O)(=O)O)[C@@H](OS(=O)(=O)O)[C@H](OS(=O)(=O)O)[C@H]3OS(=O)(=O)O)[C@@H](OS(=O)(=O)O)[C@H](OS(=O)(=O)O)[C@H]2OS(=O)(=O)O)[C@@H](OS(=O)(=O)O)[C@H](OS(=O)(=O)O)[C@H]1OS(=O)(=O)O. The second-order valence-electron chi connectivity index (χ2n) is 18.0. The van der Waals surface area contributed by atoms with E-state index in [0.717, 1.165) is 0 Å². The third kappa shape index (κ3) is 31.4. The molecule has 0 aliphatic carbocycles. The van der Waals surface area contributed by atoms with E-state index >= 15 is 0 Å². The molecule has 0 aromatic rings. The lowest BCUT2D eigenvalue weighted by molar-refractivity contribution is -0.335. The molecule has 4 fully saturated rings. The predicted molar refractivity (Wildman–Crippen MR) is 274 cm³/mol. The van der Waals surface area contributed by atoms with E-state index in [9.17, 15) is 169 Å². The molecule has 4 saturated heterocycles. The highest BCUT2D eigenvalue weighted by Crippen LogP contribution is 2.39. The molecule has 0 aromatic carbocycles. The molecule has 0 aromatic heterocycles. The number of rotatable bonds is 37. The van der Waals surface area contributed by atoms with Crippen molar-refractivity contribution in [1.29, 1.82) is 0 Å². The second-order valence-corrected chi connectivity index (χ2v) is 31.6. The summed E-state index contributed by atoms with van der Waals surface area (Å²) in [6.07, 6.45) is -66.5. The quantitative estimate of drug-likeness (QED) is 0.0257. The lowest BCUT2D eigenvalue weighted by atomic mass is 9.97. The van der Waals surface area contributed by atoms with E-state index in [4.69, 9.17) is 37.9 Å². The van der Waals surface area contributed by atoms with E-state index in [1.54, 1.807) is 0 Å². The molecule has 0 spiro atoms. The zero-order chi connectivity index (χ0) is 75.7. The molecule has 4 aliphatic heterocycles. The Hall–Kier alpha value is -2.01. The molecule has 73 heteroatoms. The van der Waals surface area contributed by atoms with E-state index in [1.165, 1.54) is 0 Å². The molecule has 582 valence electrons. The average molecular weight is 1720 g/mol. The maximum absolute atomic E-state index is 12.4. The van der Waals surface area contributed by atoms with Gasteiger partial charge in [-0.3, -0.25) is 59.2 Å². The highest BCUT2D eigenvalue weighted by atomic mass is 32.3. The van der Waals surface area contributed by atoms with E-state index in [1.807, 2.05) is 0 Å². The molecule has 13 N–H and O–H groups in total. The zero-order valence-corrected chi connectivity index (χ0v) is 56.3. The molecule has 98 heavy (non-hydrogen) atoms. The Morgan fingerprint density at radius 1 is 0.214 bits per heavy atom. The van der Waals surface area contributed by atoms with Crippen LogP contribution in [-0.4, -0.2) is 325 Å². The first-order valence-electron chi connectivity index (χ1n) is 23.1. The lowest BCUT2D eigenvalue weighted by Crippen LogP contribution is -2.66. The van der Waals surface area contributed by atoms with E-state index in [0.29, 0.717) is 7.11 Å².